The number of hydrogen-bond donors (Lipinski definition) is 0. The topological polar surface area (TPSA) is 26.0 Å². The molecule has 8 aromatic carbocycles. The Bertz CT molecular complexity index is 3190. The smallest absolute Gasteiger partial charge is 0.136 e. The summed E-state index contributed by atoms with van der Waals surface area (Å²) in [5.74, 6) is 0. The second-order valence-electron chi connectivity index (χ2n) is 13.4. The molecule has 0 aliphatic carbocycles. The van der Waals surface area contributed by atoms with Gasteiger partial charge in [-0.3, -0.25) is 0 Å². The standard InChI is InChI=1S/C49H29NOS/c1-2-13-30(14-3-1)49-39-29-42-48(37-20-5-8-24-41(37)51-42)45(47(39)36-19-4-7-23-40(36)50-49)34-18-11-16-32(28-34)31-15-10-17-33(27-31)35-22-12-26-44-46(35)38-21-6-9-25-43(38)52-44/h1-29H. The summed E-state index contributed by atoms with van der Waals surface area (Å²) in [5.41, 5.74) is 11.9. The molecule has 0 radical (unpaired) electrons. The SMILES string of the molecule is c1ccc(-c2nc3ccccc3c3c(-c4cccc(-c5cccc(-c6cccc7sc8ccccc8c67)c5)c4)c4c(cc23)oc2ccccc24)cc1. The van der Waals surface area contributed by atoms with Crippen molar-refractivity contribution >= 4 is 75.1 Å². The molecule has 0 atom stereocenters. The van der Waals surface area contributed by atoms with Crippen molar-refractivity contribution in [3.63, 3.8) is 0 Å². The fraction of sp³-hybridized carbons (Fsp3) is 0. The molecule has 3 aromatic heterocycles. The molecule has 0 aliphatic heterocycles. The van der Waals surface area contributed by atoms with Crippen molar-refractivity contribution in [2.45, 2.75) is 0 Å². The van der Waals surface area contributed by atoms with E-state index in [4.69, 9.17) is 9.40 Å². The lowest BCUT2D eigenvalue weighted by molar-refractivity contribution is 0.669. The number of para-hydroxylation sites is 2. The largest absolute Gasteiger partial charge is 0.456 e. The fourth-order valence-electron chi connectivity index (χ4n) is 8.16. The first-order chi connectivity index (χ1) is 25.8. The van der Waals surface area contributed by atoms with Crippen LogP contribution in [0.3, 0.4) is 0 Å². The normalized spacial score (nSPS) is 11.8. The van der Waals surface area contributed by atoms with Crippen LogP contribution < -0.4 is 0 Å². The third-order valence-electron chi connectivity index (χ3n) is 10.4. The molecule has 0 saturated heterocycles. The number of pyridine rings is 1. The molecule has 242 valence electrons. The van der Waals surface area contributed by atoms with Crippen LogP contribution in [0.1, 0.15) is 0 Å². The van der Waals surface area contributed by atoms with Crippen LogP contribution in [-0.4, -0.2) is 4.98 Å². The van der Waals surface area contributed by atoms with Crippen molar-refractivity contribution in [2.75, 3.05) is 0 Å². The Hall–Kier alpha value is -6.55. The highest BCUT2D eigenvalue weighted by Gasteiger charge is 2.22. The van der Waals surface area contributed by atoms with Crippen LogP contribution in [0.4, 0.5) is 0 Å². The van der Waals surface area contributed by atoms with Crippen molar-refractivity contribution in [3.05, 3.63) is 176 Å². The van der Waals surface area contributed by atoms with Gasteiger partial charge in [0, 0.05) is 58.2 Å². The van der Waals surface area contributed by atoms with E-state index in [1.54, 1.807) is 0 Å². The van der Waals surface area contributed by atoms with Gasteiger partial charge in [0.15, 0.2) is 0 Å². The van der Waals surface area contributed by atoms with Crippen molar-refractivity contribution < 1.29 is 4.42 Å². The Balaban J connectivity index is 1.18. The summed E-state index contributed by atoms with van der Waals surface area (Å²) >= 11 is 1.86. The molecule has 11 aromatic rings. The van der Waals surface area contributed by atoms with Crippen LogP contribution in [0.25, 0.3) is 108 Å². The molecule has 52 heavy (non-hydrogen) atoms. The Morgan fingerprint density at radius 3 is 1.88 bits per heavy atom. The van der Waals surface area contributed by atoms with E-state index in [1.165, 1.54) is 53.4 Å². The minimum atomic E-state index is 0.862. The van der Waals surface area contributed by atoms with Gasteiger partial charge in [0.05, 0.1) is 11.2 Å². The predicted molar refractivity (Wildman–Crippen MR) is 221 cm³/mol. The number of aromatic nitrogens is 1. The summed E-state index contributed by atoms with van der Waals surface area (Å²) in [6.07, 6.45) is 0. The Labute approximate surface area is 303 Å². The third-order valence-corrected chi connectivity index (χ3v) is 11.6. The van der Waals surface area contributed by atoms with Crippen molar-refractivity contribution in [2.24, 2.45) is 0 Å². The minimum absolute atomic E-state index is 0.862. The van der Waals surface area contributed by atoms with E-state index in [2.05, 4.69) is 170 Å². The first-order valence-electron chi connectivity index (χ1n) is 17.6. The summed E-state index contributed by atoms with van der Waals surface area (Å²) in [6, 6.07) is 63.1. The molecule has 0 unspecified atom stereocenters. The average molecular weight is 680 g/mol. The van der Waals surface area contributed by atoms with E-state index in [-0.39, 0.29) is 0 Å². The highest BCUT2D eigenvalue weighted by Crippen LogP contribution is 2.47. The monoisotopic (exact) mass is 679 g/mol. The zero-order chi connectivity index (χ0) is 34.2. The first kappa shape index (κ1) is 29.2. The van der Waals surface area contributed by atoms with E-state index in [9.17, 15) is 0 Å². The van der Waals surface area contributed by atoms with Gasteiger partial charge in [-0.1, -0.05) is 133 Å². The Morgan fingerprint density at radius 2 is 1.02 bits per heavy atom. The first-order valence-corrected chi connectivity index (χ1v) is 18.4. The molecule has 2 nitrogen and oxygen atoms in total. The Kier molecular flexibility index (Phi) is 6.46. The summed E-state index contributed by atoms with van der Waals surface area (Å²) in [4.78, 5) is 5.27. The molecule has 0 N–H and O–H groups in total. The van der Waals surface area contributed by atoms with Gasteiger partial charge < -0.3 is 4.42 Å². The molecular weight excluding hydrogens is 651 g/mol. The van der Waals surface area contributed by atoms with Crippen LogP contribution >= 0.6 is 11.3 Å². The fourth-order valence-corrected chi connectivity index (χ4v) is 9.29. The molecule has 3 heteroatoms. The summed E-state index contributed by atoms with van der Waals surface area (Å²) in [6.45, 7) is 0. The second-order valence-corrected chi connectivity index (χ2v) is 14.5. The Morgan fingerprint density at radius 1 is 0.385 bits per heavy atom. The van der Waals surface area contributed by atoms with E-state index in [0.29, 0.717) is 0 Å². The van der Waals surface area contributed by atoms with Crippen LogP contribution in [0, 0.1) is 0 Å². The summed E-state index contributed by atoms with van der Waals surface area (Å²) in [7, 11) is 0. The van der Waals surface area contributed by atoms with Crippen LogP contribution in [0.5, 0.6) is 0 Å². The van der Waals surface area contributed by atoms with Crippen molar-refractivity contribution in [3.8, 4) is 44.6 Å². The second kappa shape index (κ2) is 11.5. The lowest BCUT2D eigenvalue weighted by atomic mass is 9.88. The zero-order valence-corrected chi connectivity index (χ0v) is 28.8. The van der Waals surface area contributed by atoms with Gasteiger partial charge in [0.1, 0.15) is 11.2 Å². The molecule has 0 fully saturated rings. The lowest BCUT2D eigenvalue weighted by Gasteiger charge is -2.16. The van der Waals surface area contributed by atoms with Crippen molar-refractivity contribution in [1.82, 2.24) is 4.98 Å². The molecule has 0 spiro atoms. The highest BCUT2D eigenvalue weighted by atomic mass is 32.1. The zero-order valence-electron chi connectivity index (χ0n) is 28.0. The van der Waals surface area contributed by atoms with E-state index < -0.39 is 0 Å². The maximum atomic E-state index is 6.64. The van der Waals surface area contributed by atoms with Gasteiger partial charge in [-0.15, -0.1) is 11.3 Å². The van der Waals surface area contributed by atoms with E-state index in [1.807, 2.05) is 17.4 Å². The number of fused-ring (bicyclic) bond motifs is 9. The maximum absolute atomic E-state index is 6.64. The highest BCUT2D eigenvalue weighted by molar-refractivity contribution is 7.25. The van der Waals surface area contributed by atoms with Crippen LogP contribution in [-0.2, 0) is 0 Å². The molecule has 0 aliphatic rings. The average Bonchev–Trinajstić information content (AvgIpc) is 3.78. The molecule has 0 saturated carbocycles. The quantitative estimate of drug-likeness (QED) is 0.173. The lowest BCUT2D eigenvalue weighted by Crippen LogP contribution is -1.93. The number of thiophene rings is 1. The van der Waals surface area contributed by atoms with Gasteiger partial charge in [-0.2, -0.15) is 0 Å². The van der Waals surface area contributed by atoms with Gasteiger partial charge in [-0.25, -0.2) is 4.98 Å². The minimum Gasteiger partial charge on any atom is -0.456 e. The number of rotatable bonds is 4. The third kappa shape index (κ3) is 4.46. The summed E-state index contributed by atoms with van der Waals surface area (Å²) < 4.78 is 9.27. The number of benzene rings is 8. The summed E-state index contributed by atoms with van der Waals surface area (Å²) in [5, 5.41) is 8.27. The van der Waals surface area contributed by atoms with Gasteiger partial charge in [0.2, 0.25) is 0 Å². The van der Waals surface area contributed by atoms with E-state index >= 15 is 0 Å². The predicted octanol–water partition coefficient (Wildman–Crippen LogP) is 14.3. The number of hydrogen-bond acceptors (Lipinski definition) is 3. The number of furan rings is 1. The molecule has 11 rings (SSSR count). The van der Waals surface area contributed by atoms with Gasteiger partial charge in [0.25, 0.3) is 0 Å². The molecular formula is C49H29NOS. The molecule has 0 bridgehead atoms. The molecule has 3 heterocycles. The van der Waals surface area contributed by atoms with Gasteiger partial charge in [-0.05, 0) is 70.3 Å². The van der Waals surface area contributed by atoms with E-state index in [0.717, 1.165) is 55.0 Å². The number of nitrogens with zero attached hydrogens (tertiary/aromatic N) is 1. The maximum Gasteiger partial charge on any atom is 0.136 e. The molecule has 0 amide bonds. The van der Waals surface area contributed by atoms with Crippen LogP contribution in [0.2, 0.25) is 0 Å². The van der Waals surface area contributed by atoms with Gasteiger partial charge >= 0.3 is 0 Å². The van der Waals surface area contributed by atoms with Crippen LogP contribution in [0.15, 0.2) is 180 Å². The van der Waals surface area contributed by atoms with Crippen molar-refractivity contribution in [1.29, 1.82) is 0 Å².